The van der Waals surface area contributed by atoms with Gasteiger partial charge in [0.1, 0.15) is 11.9 Å². The SMILES string of the molecule is O=C(O)CCCCCNC(=O)C1CSC(Cc2ccccc2F)C(=O)N1. The second-order valence-electron chi connectivity index (χ2n) is 6.17. The molecule has 8 heteroatoms. The van der Waals surface area contributed by atoms with Crippen LogP contribution >= 0.6 is 11.8 Å². The van der Waals surface area contributed by atoms with E-state index in [-0.39, 0.29) is 24.1 Å². The number of nitrogens with one attached hydrogen (secondary N) is 2. The maximum Gasteiger partial charge on any atom is 0.303 e. The quantitative estimate of drug-likeness (QED) is 0.566. The van der Waals surface area contributed by atoms with Crippen molar-refractivity contribution in [2.75, 3.05) is 12.3 Å². The minimum absolute atomic E-state index is 0.132. The highest BCUT2D eigenvalue weighted by Gasteiger charge is 2.32. The van der Waals surface area contributed by atoms with Gasteiger partial charge in [0.25, 0.3) is 0 Å². The Morgan fingerprint density at radius 3 is 2.73 bits per heavy atom. The molecule has 1 saturated heterocycles. The Balaban J connectivity index is 1.70. The molecule has 0 radical (unpaired) electrons. The number of rotatable bonds is 9. The maximum absolute atomic E-state index is 13.7. The van der Waals surface area contributed by atoms with E-state index in [0.717, 1.165) is 6.42 Å². The molecule has 1 heterocycles. The molecule has 1 aromatic rings. The molecular weight excluding hydrogens is 359 g/mol. The highest BCUT2D eigenvalue weighted by molar-refractivity contribution is 8.00. The minimum Gasteiger partial charge on any atom is -0.481 e. The van der Waals surface area contributed by atoms with Crippen molar-refractivity contribution in [1.82, 2.24) is 10.6 Å². The van der Waals surface area contributed by atoms with Gasteiger partial charge >= 0.3 is 5.97 Å². The molecule has 26 heavy (non-hydrogen) atoms. The first-order valence-corrected chi connectivity index (χ1v) is 9.67. The van der Waals surface area contributed by atoms with Crippen LogP contribution in [-0.2, 0) is 20.8 Å². The number of unbranched alkanes of at least 4 members (excludes halogenated alkanes) is 2. The fourth-order valence-electron chi connectivity index (χ4n) is 2.66. The number of carbonyl (C=O) groups excluding carboxylic acids is 2. The molecule has 2 amide bonds. The summed E-state index contributed by atoms with van der Waals surface area (Å²) in [6, 6.07) is 5.77. The summed E-state index contributed by atoms with van der Waals surface area (Å²) in [5.74, 6) is -1.21. The lowest BCUT2D eigenvalue weighted by Crippen LogP contribution is -2.54. The number of amides is 2. The first-order chi connectivity index (χ1) is 12.5. The fraction of sp³-hybridized carbons (Fsp3) is 0.500. The Morgan fingerprint density at radius 1 is 1.27 bits per heavy atom. The van der Waals surface area contributed by atoms with E-state index in [2.05, 4.69) is 10.6 Å². The van der Waals surface area contributed by atoms with Crippen LogP contribution in [0, 0.1) is 5.82 Å². The summed E-state index contributed by atoms with van der Waals surface area (Å²) < 4.78 is 13.7. The molecule has 0 aliphatic carbocycles. The lowest BCUT2D eigenvalue weighted by atomic mass is 10.1. The lowest BCUT2D eigenvalue weighted by Gasteiger charge is -2.28. The van der Waals surface area contributed by atoms with Gasteiger partial charge in [-0.1, -0.05) is 24.6 Å². The largest absolute Gasteiger partial charge is 0.481 e. The van der Waals surface area contributed by atoms with Crippen molar-refractivity contribution >= 4 is 29.5 Å². The summed E-state index contributed by atoms with van der Waals surface area (Å²) in [4.78, 5) is 34.7. The van der Waals surface area contributed by atoms with Gasteiger partial charge in [-0.2, -0.15) is 0 Å². The lowest BCUT2D eigenvalue weighted by molar-refractivity contribution is -0.137. The van der Waals surface area contributed by atoms with Crippen LogP contribution in [0.1, 0.15) is 31.2 Å². The van der Waals surface area contributed by atoms with E-state index in [1.807, 2.05) is 0 Å². The molecule has 3 N–H and O–H groups in total. The average Bonchev–Trinajstić information content (AvgIpc) is 2.61. The van der Waals surface area contributed by atoms with Crippen molar-refractivity contribution in [1.29, 1.82) is 0 Å². The predicted molar refractivity (Wildman–Crippen MR) is 97.4 cm³/mol. The van der Waals surface area contributed by atoms with E-state index in [1.54, 1.807) is 18.2 Å². The second kappa shape index (κ2) is 10.2. The zero-order chi connectivity index (χ0) is 18.9. The van der Waals surface area contributed by atoms with Gasteiger partial charge in [-0.05, 0) is 30.9 Å². The number of aliphatic carboxylic acids is 1. The molecule has 1 aromatic carbocycles. The monoisotopic (exact) mass is 382 g/mol. The number of carbonyl (C=O) groups is 3. The van der Waals surface area contributed by atoms with Crippen molar-refractivity contribution in [3.05, 3.63) is 35.6 Å². The van der Waals surface area contributed by atoms with E-state index in [4.69, 9.17) is 5.11 Å². The van der Waals surface area contributed by atoms with Crippen LogP contribution in [0.5, 0.6) is 0 Å². The van der Waals surface area contributed by atoms with E-state index in [1.165, 1.54) is 17.8 Å². The van der Waals surface area contributed by atoms with Crippen LogP contribution in [0.15, 0.2) is 24.3 Å². The Morgan fingerprint density at radius 2 is 2.04 bits per heavy atom. The zero-order valence-corrected chi connectivity index (χ0v) is 15.2. The Kier molecular flexibility index (Phi) is 7.90. The highest BCUT2D eigenvalue weighted by atomic mass is 32.2. The van der Waals surface area contributed by atoms with Crippen LogP contribution < -0.4 is 10.6 Å². The van der Waals surface area contributed by atoms with Gasteiger partial charge in [0, 0.05) is 18.7 Å². The number of benzene rings is 1. The molecule has 0 saturated carbocycles. The summed E-state index contributed by atoms with van der Waals surface area (Å²) in [6.45, 7) is 0.453. The molecule has 0 bridgehead atoms. The third-order valence-electron chi connectivity index (χ3n) is 4.12. The Bertz CT molecular complexity index is 656. The van der Waals surface area contributed by atoms with E-state index in [0.29, 0.717) is 37.1 Å². The zero-order valence-electron chi connectivity index (χ0n) is 14.4. The summed E-state index contributed by atoms with van der Waals surface area (Å²) in [5, 5.41) is 13.6. The first-order valence-electron chi connectivity index (χ1n) is 8.62. The second-order valence-corrected chi connectivity index (χ2v) is 7.41. The third kappa shape index (κ3) is 6.33. The molecule has 0 spiro atoms. The molecule has 2 atom stereocenters. The van der Waals surface area contributed by atoms with Crippen LogP contribution in [0.25, 0.3) is 0 Å². The van der Waals surface area contributed by atoms with E-state index in [9.17, 15) is 18.8 Å². The molecule has 1 fully saturated rings. The first kappa shape index (κ1) is 20.2. The topological polar surface area (TPSA) is 95.5 Å². The standard InChI is InChI=1S/C18H23FN2O4S/c19-13-7-4-3-6-12(13)10-15-18(25)21-14(11-26-15)17(24)20-9-5-1-2-8-16(22)23/h3-4,6-7,14-15H,1-2,5,8-11H2,(H,20,24)(H,21,25)(H,22,23). The van der Waals surface area contributed by atoms with Crippen molar-refractivity contribution in [2.45, 2.75) is 43.4 Å². The molecule has 1 aliphatic rings. The van der Waals surface area contributed by atoms with Gasteiger partial charge in [0.15, 0.2) is 0 Å². The molecule has 6 nitrogen and oxygen atoms in total. The third-order valence-corrected chi connectivity index (χ3v) is 5.43. The number of carboxylic acids is 1. The van der Waals surface area contributed by atoms with E-state index >= 15 is 0 Å². The maximum atomic E-state index is 13.7. The van der Waals surface area contributed by atoms with Crippen molar-refractivity contribution in [3.8, 4) is 0 Å². The summed E-state index contributed by atoms with van der Waals surface area (Å²) in [5.41, 5.74) is 0.490. The van der Waals surface area contributed by atoms with Crippen molar-refractivity contribution in [3.63, 3.8) is 0 Å². The molecule has 142 valence electrons. The normalized spacial score (nSPS) is 19.7. The van der Waals surface area contributed by atoms with Gasteiger partial charge in [0.2, 0.25) is 11.8 Å². The number of hydrogen-bond donors (Lipinski definition) is 3. The van der Waals surface area contributed by atoms with Gasteiger partial charge in [0.05, 0.1) is 5.25 Å². The van der Waals surface area contributed by atoms with Crippen LogP contribution in [-0.4, -0.2) is 46.5 Å². The van der Waals surface area contributed by atoms with Gasteiger partial charge < -0.3 is 15.7 Å². The van der Waals surface area contributed by atoms with Crippen molar-refractivity contribution < 1.29 is 23.9 Å². The van der Waals surface area contributed by atoms with E-state index < -0.39 is 17.3 Å². The molecule has 0 aromatic heterocycles. The summed E-state index contributed by atoms with van der Waals surface area (Å²) in [7, 11) is 0. The number of halogens is 1. The van der Waals surface area contributed by atoms with Crippen LogP contribution in [0.2, 0.25) is 0 Å². The highest BCUT2D eigenvalue weighted by Crippen LogP contribution is 2.23. The molecule has 2 rings (SSSR count). The number of hydrogen-bond acceptors (Lipinski definition) is 4. The Labute approximate surface area is 155 Å². The molecular formula is C18H23FN2O4S. The summed E-state index contributed by atoms with van der Waals surface area (Å²) >= 11 is 1.36. The van der Waals surface area contributed by atoms with Crippen LogP contribution in [0.3, 0.4) is 0 Å². The van der Waals surface area contributed by atoms with Crippen molar-refractivity contribution in [2.24, 2.45) is 0 Å². The summed E-state index contributed by atoms with van der Waals surface area (Å²) in [6.07, 6.45) is 2.43. The van der Waals surface area contributed by atoms with Gasteiger partial charge in [-0.15, -0.1) is 11.8 Å². The number of carboxylic acid groups (broad SMARTS) is 1. The predicted octanol–water partition coefficient (Wildman–Crippen LogP) is 1.73. The molecule has 1 aliphatic heterocycles. The van der Waals surface area contributed by atoms with Crippen LogP contribution in [0.4, 0.5) is 4.39 Å². The molecule has 2 unspecified atom stereocenters. The van der Waals surface area contributed by atoms with Gasteiger partial charge in [-0.25, -0.2) is 4.39 Å². The van der Waals surface area contributed by atoms with Gasteiger partial charge in [-0.3, -0.25) is 14.4 Å². The average molecular weight is 382 g/mol. The number of thioether (sulfide) groups is 1. The Hall–Kier alpha value is -2.09. The fourth-order valence-corrected chi connectivity index (χ4v) is 3.84. The minimum atomic E-state index is -0.819. The smallest absolute Gasteiger partial charge is 0.303 e.